The molecule has 7 nitrogen and oxygen atoms in total. The minimum Gasteiger partial charge on any atom is -0.495 e. The highest BCUT2D eigenvalue weighted by Crippen LogP contribution is 2.28. The number of aryl methyl sites for hydroxylation is 1. The molecule has 7 heteroatoms. The van der Waals surface area contributed by atoms with E-state index in [-0.39, 0.29) is 11.9 Å². The van der Waals surface area contributed by atoms with Crippen LogP contribution in [0.5, 0.6) is 5.75 Å². The third-order valence-electron chi connectivity index (χ3n) is 5.17. The molecule has 0 saturated carbocycles. The van der Waals surface area contributed by atoms with E-state index in [1.807, 2.05) is 35.4 Å². The number of aromatic nitrogens is 2. The maximum atomic E-state index is 12.8. The smallest absolute Gasteiger partial charge is 0.321 e. The molecule has 0 unspecified atom stereocenters. The van der Waals surface area contributed by atoms with Gasteiger partial charge in [-0.3, -0.25) is 0 Å². The van der Waals surface area contributed by atoms with Gasteiger partial charge in [-0.2, -0.15) is 0 Å². The van der Waals surface area contributed by atoms with E-state index in [1.54, 1.807) is 7.11 Å². The van der Waals surface area contributed by atoms with Gasteiger partial charge >= 0.3 is 6.03 Å². The van der Waals surface area contributed by atoms with E-state index in [4.69, 9.17) is 4.74 Å². The van der Waals surface area contributed by atoms with E-state index < -0.39 is 0 Å². The molecule has 1 N–H and O–H groups in total. The Balaban J connectivity index is 1.63. The molecule has 3 rings (SSSR count). The number of hydrogen-bond acceptors (Lipinski definition) is 4. The van der Waals surface area contributed by atoms with Gasteiger partial charge in [-0.05, 0) is 52.0 Å². The number of anilines is 1. The molecule has 2 aromatic rings. The predicted molar refractivity (Wildman–Crippen MR) is 111 cm³/mol. The van der Waals surface area contributed by atoms with Crippen LogP contribution in [0.2, 0.25) is 0 Å². The molecule has 28 heavy (non-hydrogen) atoms. The summed E-state index contributed by atoms with van der Waals surface area (Å²) in [7, 11) is 5.79. The lowest BCUT2D eigenvalue weighted by molar-refractivity contribution is 0.190. The van der Waals surface area contributed by atoms with E-state index >= 15 is 0 Å². The Labute approximate surface area is 167 Å². The zero-order chi connectivity index (χ0) is 19.9. The van der Waals surface area contributed by atoms with Crippen molar-refractivity contribution in [1.29, 1.82) is 0 Å². The minimum absolute atomic E-state index is 0.0834. The highest BCUT2D eigenvalue weighted by Gasteiger charge is 2.27. The Hall–Kier alpha value is -2.54. The first-order valence-corrected chi connectivity index (χ1v) is 9.93. The molecule has 0 radical (unpaired) electrons. The highest BCUT2D eigenvalue weighted by molar-refractivity contribution is 5.91. The lowest BCUT2D eigenvalue weighted by Gasteiger charge is -2.33. The topological polar surface area (TPSA) is 62.6 Å². The van der Waals surface area contributed by atoms with Crippen molar-refractivity contribution in [1.82, 2.24) is 19.4 Å². The number of ether oxygens (including phenoxy) is 1. The van der Waals surface area contributed by atoms with Crippen LogP contribution < -0.4 is 10.1 Å². The van der Waals surface area contributed by atoms with E-state index in [2.05, 4.69) is 40.1 Å². The lowest BCUT2D eigenvalue weighted by Crippen LogP contribution is -2.42. The van der Waals surface area contributed by atoms with Crippen LogP contribution in [0.25, 0.3) is 0 Å². The fourth-order valence-corrected chi connectivity index (χ4v) is 3.74. The van der Waals surface area contributed by atoms with Gasteiger partial charge in [-0.15, -0.1) is 0 Å². The van der Waals surface area contributed by atoms with Gasteiger partial charge in [0.2, 0.25) is 0 Å². The average Bonchev–Trinajstić information content (AvgIpc) is 3.17. The Morgan fingerprint density at radius 1 is 1.36 bits per heavy atom. The SMILES string of the molecule is COc1ccccc1NC(=O)N1CCC[C@H](c2nccn2CCCN(C)C)C1. The van der Waals surface area contributed by atoms with Crippen LogP contribution in [0.15, 0.2) is 36.7 Å². The highest BCUT2D eigenvalue weighted by atomic mass is 16.5. The fraction of sp³-hybridized carbons (Fsp3) is 0.524. The van der Waals surface area contributed by atoms with Crippen LogP contribution in [-0.4, -0.2) is 66.2 Å². The van der Waals surface area contributed by atoms with Crippen LogP contribution >= 0.6 is 0 Å². The number of amides is 2. The number of rotatable bonds is 7. The first kappa shape index (κ1) is 20.2. The molecule has 1 aliphatic rings. The van der Waals surface area contributed by atoms with E-state index in [9.17, 15) is 4.79 Å². The van der Waals surface area contributed by atoms with E-state index in [0.717, 1.165) is 44.7 Å². The maximum absolute atomic E-state index is 12.8. The summed E-state index contributed by atoms with van der Waals surface area (Å²) in [6.45, 7) is 3.46. The van der Waals surface area contributed by atoms with E-state index in [0.29, 0.717) is 18.0 Å². The van der Waals surface area contributed by atoms with Crippen molar-refractivity contribution in [2.24, 2.45) is 0 Å². The second-order valence-corrected chi connectivity index (χ2v) is 7.55. The number of piperidine rings is 1. The number of benzene rings is 1. The second kappa shape index (κ2) is 9.59. The predicted octanol–water partition coefficient (Wildman–Crippen LogP) is 3.25. The van der Waals surface area contributed by atoms with Crippen molar-refractivity contribution >= 4 is 11.7 Å². The van der Waals surface area contributed by atoms with Crippen molar-refractivity contribution < 1.29 is 9.53 Å². The van der Waals surface area contributed by atoms with Crippen molar-refractivity contribution in [3.05, 3.63) is 42.5 Å². The summed E-state index contributed by atoms with van der Waals surface area (Å²) in [6, 6.07) is 7.40. The van der Waals surface area contributed by atoms with Crippen LogP contribution in [0, 0.1) is 0 Å². The Bertz CT molecular complexity index is 774. The average molecular weight is 386 g/mol. The van der Waals surface area contributed by atoms with Crippen molar-refractivity contribution in [2.45, 2.75) is 31.7 Å². The normalized spacial score (nSPS) is 17.0. The number of para-hydroxylation sites is 2. The maximum Gasteiger partial charge on any atom is 0.321 e. The summed E-state index contributed by atoms with van der Waals surface area (Å²) >= 11 is 0. The molecule has 0 bridgehead atoms. The third kappa shape index (κ3) is 5.04. The van der Waals surface area contributed by atoms with Gasteiger partial charge in [0.1, 0.15) is 11.6 Å². The quantitative estimate of drug-likeness (QED) is 0.795. The molecule has 2 heterocycles. The molecule has 1 aromatic carbocycles. The number of nitrogens with one attached hydrogen (secondary N) is 1. The molecule has 1 aliphatic heterocycles. The molecule has 1 atom stereocenters. The molecule has 1 saturated heterocycles. The van der Waals surface area contributed by atoms with Gasteiger partial charge in [0.05, 0.1) is 12.8 Å². The number of hydrogen-bond donors (Lipinski definition) is 1. The number of imidazole rings is 1. The van der Waals surface area contributed by atoms with Crippen LogP contribution in [0.4, 0.5) is 10.5 Å². The lowest BCUT2D eigenvalue weighted by atomic mass is 9.97. The molecular weight excluding hydrogens is 354 g/mol. The first-order valence-electron chi connectivity index (χ1n) is 9.93. The summed E-state index contributed by atoms with van der Waals surface area (Å²) in [6.07, 6.45) is 7.05. The molecule has 1 aromatic heterocycles. The van der Waals surface area contributed by atoms with Crippen molar-refractivity contribution in [2.75, 3.05) is 46.2 Å². The number of likely N-dealkylation sites (tertiary alicyclic amines) is 1. The summed E-state index contributed by atoms with van der Waals surface area (Å²) in [4.78, 5) is 21.5. The Morgan fingerprint density at radius 3 is 2.96 bits per heavy atom. The summed E-state index contributed by atoms with van der Waals surface area (Å²) in [5.41, 5.74) is 0.697. The van der Waals surface area contributed by atoms with Gasteiger partial charge in [0.15, 0.2) is 0 Å². The molecule has 0 spiro atoms. The van der Waals surface area contributed by atoms with Gasteiger partial charge in [-0.25, -0.2) is 9.78 Å². The largest absolute Gasteiger partial charge is 0.495 e. The van der Waals surface area contributed by atoms with Gasteiger partial charge in [-0.1, -0.05) is 12.1 Å². The van der Waals surface area contributed by atoms with Crippen LogP contribution in [-0.2, 0) is 6.54 Å². The molecule has 0 aliphatic carbocycles. The number of nitrogens with zero attached hydrogens (tertiary/aromatic N) is 4. The van der Waals surface area contributed by atoms with Crippen molar-refractivity contribution in [3.8, 4) is 5.75 Å². The molecule has 2 amide bonds. The Morgan fingerprint density at radius 2 is 2.18 bits per heavy atom. The Kier molecular flexibility index (Phi) is 6.92. The number of carbonyl (C=O) groups excluding carboxylic acids is 1. The number of urea groups is 1. The summed E-state index contributed by atoms with van der Waals surface area (Å²) < 4.78 is 7.58. The fourth-order valence-electron chi connectivity index (χ4n) is 3.74. The van der Waals surface area contributed by atoms with Gasteiger partial charge in [0.25, 0.3) is 0 Å². The van der Waals surface area contributed by atoms with E-state index in [1.165, 1.54) is 0 Å². The van der Waals surface area contributed by atoms with Crippen LogP contribution in [0.1, 0.15) is 31.0 Å². The first-order chi connectivity index (χ1) is 13.6. The monoisotopic (exact) mass is 385 g/mol. The zero-order valence-electron chi connectivity index (χ0n) is 17.1. The van der Waals surface area contributed by atoms with Crippen LogP contribution in [0.3, 0.4) is 0 Å². The standard InChI is InChI=1S/C21H31N5O2/c1-24(2)12-7-14-25-15-11-22-20(25)17-8-6-13-26(16-17)21(27)23-18-9-4-5-10-19(18)28-3/h4-5,9-11,15,17H,6-8,12-14,16H2,1-3H3,(H,23,27)/t17-/m0/s1. The van der Waals surface area contributed by atoms with Gasteiger partial charge < -0.3 is 24.4 Å². The van der Waals surface area contributed by atoms with Crippen molar-refractivity contribution in [3.63, 3.8) is 0 Å². The second-order valence-electron chi connectivity index (χ2n) is 7.55. The third-order valence-corrected chi connectivity index (χ3v) is 5.17. The summed E-state index contributed by atoms with van der Waals surface area (Å²) in [5.74, 6) is 2.03. The zero-order valence-corrected chi connectivity index (χ0v) is 17.1. The van der Waals surface area contributed by atoms with Gasteiger partial charge in [0, 0.05) is 37.9 Å². The molecule has 1 fully saturated rings. The summed E-state index contributed by atoms with van der Waals surface area (Å²) in [5, 5.41) is 2.99. The minimum atomic E-state index is -0.0834. The number of carbonyl (C=O) groups is 1. The number of methoxy groups -OCH3 is 1. The molecule has 152 valence electrons. The molecular formula is C21H31N5O2.